The Bertz CT molecular complexity index is 797. The van der Waals surface area contributed by atoms with Crippen molar-refractivity contribution in [2.24, 2.45) is 5.73 Å². The van der Waals surface area contributed by atoms with Gasteiger partial charge in [0.05, 0.1) is 19.2 Å². The molecular formula is C19H28N6O5. The van der Waals surface area contributed by atoms with Gasteiger partial charge in [0, 0.05) is 38.4 Å². The smallest absolute Gasteiger partial charge is 0.272 e. The van der Waals surface area contributed by atoms with Gasteiger partial charge in [0.2, 0.25) is 0 Å². The Morgan fingerprint density at radius 1 is 1.07 bits per heavy atom. The Labute approximate surface area is 174 Å². The van der Waals surface area contributed by atoms with Crippen molar-refractivity contribution in [2.75, 3.05) is 46.1 Å². The number of hydrogen-bond donors (Lipinski definition) is 2. The van der Waals surface area contributed by atoms with Crippen LogP contribution in [0.3, 0.4) is 0 Å². The number of morpholine rings is 1. The number of piperidine rings is 1. The molecule has 30 heavy (non-hydrogen) atoms. The van der Waals surface area contributed by atoms with Gasteiger partial charge in [-0.05, 0) is 25.7 Å². The summed E-state index contributed by atoms with van der Waals surface area (Å²) in [6, 6.07) is 1.45. The van der Waals surface area contributed by atoms with Gasteiger partial charge in [-0.2, -0.15) is 5.10 Å². The van der Waals surface area contributed by atoms with Gasteiger partial charge in [0.25, 0.3) is 17.7 Å². The zero-order valence-corrected chi connectivity index (χ0v) is 16.9. The summed E-state index contributed by atoms with van der Waals surface area (Å²) in [5.74, 6) is -0.942. The molecule has 1 aromatic rings. The van der Waals surface area contributed by atoms with Gasteiger partial charge < -0.3 is 20.5 Å². The van der Waals surface area contributed by atoms with Crippen LogP contribution in [-0.2, 0) is 14.3 Å². The van der Waals surface area contributed by atoms with E-state index in [2.05, 4.69) is 10.4 Å². The summed E-state index contributed by atoms with van der Waals surface area (Å²) in [5.41, 5.74) is 5.95. The van der Waals surface area contributed by atoms with Crippen LogP contribution in [0.5, 0.6) is 0 Å². The molecule has 3 saturated heterocycles. The Hall–Kier alpha value is -2.50. The molecule has 11 heteroatoms. The van der Waals surface area contributed by atoms with Gasteiger partial charge in [0.1, 0.15) is 12.3 Å². The summed E-state index contributed by atoms with van der Waals surface area (Å²) in [6.07, 6.45) is 2.89. The summed E-state index contributed by atoms with van der Waals surface area (Å²) >= 11 is 0. The summed E-state index contributed by atoms with van der Waals surface area (Å²) in [5, 5.41) is 11.2. The number of carbonyl (C=O) groups is 3. The van der Waals surface area contributed by atoms with Crippen LogP contribution in [0, 0.1) is 0 Å². The lowest BCUT2D eigenvalue weighted by Gasteiger charge is -2.41. The fourth-order valence-corrected chi connectivity index (χ4v) is 4.22. The van der Waals surface area contributed by atoms with E-state index >= 15 is 0 Å². The van der Waals surface area contributed by atoms with Crippen molar-refractivity contribution >= 4 is 17.7 Å². The van der Waals surface area contributed by atoms with E-state index in [-0.39, 0.29) is 41.9 Å². The predicted molar refractivity (Wildman–Crippen MR) is 104 cm³/mol. The highest BCUT2D eigenvalue weighted by Gasteiger charge is 2.30. The number of hydrogen-bond acceptors (Lipinski definition) is 7. The van der Waals surface area contributed by atoms with E-state index < -0.39 is 5.91 Å². The van der Waals surface area contributed by atoms with Crippen molar-refractivity contribution in [1.29, 1.82) is 0 Å². The van der Waals surface area contributed by atoms with Crippen molar-refractivity contribution in [3.05, 3.63) is 17.5 Å². The first-order valence-corrected chi connectivity index (χ1v) is 10.4. The van der Waals surface area contributed by atoms with Crippen LogP contribution < -0.4 is 11.1 Å². The number of amides is 3. The van der Waals surface area contributed by atoms with Gasteiger partial charge in [-0.3, -0.25) is 24.1 Å². The fourth-order valence-electron chi connectivity index (χ4n) is 4.22. The maximum absolute atomic E-state index is 12.8. The van der Waals surface area contributed by atoms with Crippen molar-refractivity contribution < 1.29 is 23.9 Å². The molecule has 164 valence electrons. The first kappa shape index (κ1) is 20.8. The quantitative estimate of drug-likeness (QED) is 0.644. The molecule has 4 heterocycles. The summed E-state index contributed by atoms with van der Waals surface area (Å²) in [4.78, 5) is 36.6. The van der Waals surface area contributed by atoms with Crippen molar-refractivity contribution in [1.82, 2.24) is 25.1 Å². The first-order chi connectivity index (χ1) is 14.5. The zero-order valence-electron chi connectivity index (χ0n) is 16.9. The monoisotopic (exact) mass is 420 g/mol. The minimum Gasteiger partial charge on any atom is -0.381 e. The molecule has 1 aromatic heterocycles. The Morgan fingerprint density at radius 3 is 2.47 bits per heavy atom. The highest BCUT2D eigenvalue weighted by Crippen LogP contribution is 2.23. The molecule has 3 amide bonds. The number of carbonyl (C=O) groups excluding carboxylic acids is 3. The van der Waals surface area contributed by atoms with Gasteiger partial charge in [-0.15, -0.1) is 0 Å². The highest BCUT2D eigenvalue weighted by molar-refractivity contribution is 5.97. The summed E-state index contributed by atoms with van der Waals surface area (Å²) in [7, 11) is 0. The lowest BCUT2D eigenvalue weighted by Crippen LogP contribution is -2.56. The molecule has 0 saturated carbocycles. The van der Waals surface area contributed by atoms with Crippen LogP contribution in [-0.4, -0.2) is 89.6 Å². The van der Waals surface area contributed by atoms with Crippen molar-refractivity contribution in [3.63, 3.8) is 0 Å². The summed E-state index contributed by atoms with van der Waals surface area (Å²) in [6.45, 7) is 3.77. The number of ether oxygens (including phenoxy) is 2. The molecule has 0 aromatic carbocycles. The van der Waals surface area contributed by atoms with E-state index in [0.29, 0.717) is 39.5 Å². The third-order valence-electron chi connectivity index (χ3n) is 5.87. The number of hydrazine groups is 1. The molecule has 11 nitrogen and oxygen atoms in total. The van der Waals surface area contributed by atoms with E-state index in [1.54, 1.807) is 9.69 Å². The average Bonchev–Trinajstić information content (AvgIpc) is 3.22. The minimum atomic E-state index is -0.600. The first-order valence-electron chi connectivity index (χ1n) is 10.4. The molecule has 3 N–H and O–H groups in total. The standard InChI is InChI=1S/C19H28N6O5/c20-18(27)16-11-15(22-25(16)14-3-8-29-9-4-14)19(28)21-13-1-5-23(6-2-13)24-7-10-30-12-17(24)26/h11,13-14H,1-10,12H2,(H2,20,27)(H,21,28). The van der Waals surface area contributed by atoms with Crippen LogP contribution >= 0.6 is 0 Å². The molecule has 0 aliphatic carbocycles. The van der Waals surface area contributed by atoms with Crippen LogP contribution in [0.2, 0.25) is 0 Å². The molecule has 0 bridgehead atoms. The number of primary amides is 1. The zero-order chi connectivity index (χ0) is 21.1. The average molecular weight is 420 g/mol. The molecule has 3 aliphatic rings. The number of nitrogens with zero attached hydrogens (tertiary/aromatic N) is 4. The fraction of sp³-hybridized carbons (Fsp3) is 0.684. The largest absolute Gasteiger partial charge is 0.381 e. The lowest BCUT2D eigenvalue weighted by molar-refractivity contribution is -0.167. The predicted octanol–water partition coefficient (Wildman–Crippen LogP) is -0.698. The number of nitrogens with two attached hydrogens (primary N) is 1. The molecule has 0 spiro atoms. The Morgan fingerprint density at radius 2 is 1.80 bits per heavy atom. The highest BCUT2D eigenvalue weighted by atomic mass is 16.5. The van der Waals surface area contributed by atoms with Crippen molar-refractivity contribution in [3.8, 4) is 0 Å². The molecular weight excluding hydrogens is 392 g/mol. The number of nitrogens with one attached hydrogen (secondary N) is 1. The lowest BCUT2D eigenvalue weighted by atomic mass is 10.1. The van der Waals surface area contributed by atoms with Crippen LogP contribution in [0.4, 0.5) is 0 Å². The van der Waals surface area contributed by atoms with Crippen LogP contribution in [0.1, 0.15) is 52.7 Å². The van der Waals surface area contributed by atoms with E-state index in [4.69, 9.17) is 15.2 Å². The number of aromatic nitrogens is 2. The van der Waals surface area contributed by atoms with Gasteiger partial charge in [-0.25, -0.2) is 5.01 Å². The van der Waals surface area contributed by atoms with E-state index in [1.165, 1.54) is 6.07 Å². The SMILES string of the molecule is NC(=O)c1cc(C(=O)NC2CCN(N3CCOCC3=O)CC2)nn1C1CCOCC1. The van der Waals surface area contributed by atoms with Gasteiger partial charge in [-0.1, -0.05) is 0 Å². The second-order valence-corrected chi connectivity index (χ2v) is 7.84. The Balaban J connectivity index is 1.36. The van der Waals surface area contributed by atoms with Crippen LogP contribution in [0.15, 0.2) is 6.07 Å². The van der Waals surface area contributed by atoms with Crippen molar-refractivity contribution in [2.45, 2.75) is 37.8 Å². The molecule has 0 unspecified atom stereocenters. The third-order valence-corrected chi connectivity index (χ3v) is 5.87. The third kappa shape index (κ3) is 4.47. The molecule has 3 aliphatic heterocycles. The minimum absolute atomic E-state index is 0.00269. The maximum atomic E-state index is 12.8. The Kier molecular flexibility index (Phi) is 6.30. The normalized spacial score (nSPS) is 22.3. The maximum Gasteiger partial charge on any atom is 0.272 e. The second kappa shape index (κ2) is 9.11. The van der Waals surface area contributed by atoms with E-state index in [9.17, 15) is 14.4 Å². The second-order valence-electron chi connectivity index (χ2n) is 7.84. The molecule has 4 rings (SSSR count). The number of rotatable bonds is 5. The van der Waals surface area contributed by atoms with E-state index in [1.807, 2.05) is 5.01 Å². The van der Waals surface area contributed by atoms with Gasteiger partial charge in [0.15, 0.2) is 5.69 Å². The molecule has 0 atom stereocenters. The van der Waals surface area contributed by atoms with E-state index in [0.717, 1.165) is 25.7 Å². The topological polar surface area (TPSA) is 132 Å². The van der Waals surface area contributed by atoms with Crippen LogP contribution in [0.25, 0.3) is 0 Å². The summed E-state index contributed by atoms with van der Waals surface area (Å²) < 4.78 is 12.1. The molecule has 3 fully saturated rings. The van der Waals surface area contributed by atoms with Gasteiger partial charge >= 0.3 is 0 Å². The molecule has 0 radical (unpaired) electrons.